The third-order valence-electron chi connectivity index (χ3n) is 3.08. The largest absolute Gasteiger partial charge is 0.478 e. The van der Waals surface area contributed by atoms with E-state index >= 15 is 0 Å². The number of carboxylic acid groups (broad SMARTS) is 1. The Bertz CT molecular complexity index is 686. The smallest absolute Gasteiger partial charge is 0.338 e. The molecule has 0 atom stereocenters. The second-order valence-electron chi connectivity index (χ2n) is 4.56. The van der Waals surface area contributed by atoms with Crippen LogP contribution in [0.2, 0.25) is 0 Å². The van der Waals surface area contributed by atoms with E-state index in [-0.39, 0.29) is 24.2 Å². The highest BCUT2D eigenvalue weighted by Crippen LogP contribution is 2.13. The number of aldehydes is 1. The number of rotatable bonds is 6. The van der Waals surface area contributed by atoms with E-state index in [0.29, 0.717) is 6.29 Å². The predicted octanol–water partition coefficient (Wildman–Crippen LogP) is 1.62. The average molecular weight is 298 g/mol. The van der Waals surface area contributed by atoms with Crippen molar-refractivity contribution in [2.45, 2.75) is 6.54 Å². The van der Waals surface area contributed by atoms with Crippen LogP contribution in [-0.4, -0.2) is 39.7 Å². The van der Waals surface area contributed by atoms with Gasteiger partial charge >= 0.3 is 5.97 Å². The van der Waals surface area contributed by atoms with Crippen molar-refractivity contribution in [1.29, 1.82) is 0 Å². The number of carbonyl (C=O) groups is 3. The number of hydrogen-bond acceptors (Lipinski definition) is 4. The zero-order chi connectivity index (χ0) is 15.9. The van der Waals surface area contributed by atoms with Gasteiger partial charge in [-0.1, -0.05) is 30.3 Å². The molecule has 0 aliphatic rings. The lowest BCUT2D eigenvalue weighted by atomic mass is 10.1. The molecule has 1 aromatic heterocycles. The summed E-state index contributed by atoms with van der Waals surface area (Å²) >= 11 is 0. The first-order chi connectivity index (χ1) is 10.6. The maximum Gasteiger partial charge on any atom is 0.338 e. The van der Waals surface area contributed by atoms with Crippen molar-refractivity contribution in [2.75, 3.05) is 6.54 Å². The Hall–Kier alpha value is -3.02. The molecule has 0 saturated carbocycles. The van der Waals surface area contributed by atoms with Crippen LogP contribution >= 0.6 is 0 Å². The minimum Gasteiger partial charge on any atom is -0.478 e. The van der Waals surface area contributed by atoms with Crippen LogP contribution in [0.25, 0.3) is 0 Å². The van der Waals surface area contributed by atoms with E-state index < -0.39 is 11.9 Å². The van der Waals surface area contributed by atoms with Gasteiger partial charge in [0.1, 0.15) is 6.29 Å². The fourth-order valence-electron chi connectivity index (χ4n) is 2.03. The van der Waals surface area contributed by atoms with E-state index in [2.05, 4.69) is 4.98 Å². The van der Waals surface area contributed by atoms with E-state index in [1.807, 2.05) is 30.3 Å². The van der Waals surface area contributed by atoms with Gasteiger partial charge < -0.3 is 14.8 Å². The summed E-state index contributed by atoms with van der Waals surface area (Å²) < 4.78 is 0. The van der Waals surface area contributed by atoms with Crippen LogP contribution in [0.4, 0.5) is 0 Å². The summed E-state index contributed by atoms with van der Waals surface area (Å²) in [6.07, 6.45) is 3.08. The monoisotopic (exact) mass is 298 g/mol. The number of hydrogen-bond donors (Lipinski definition) is 1. The van der Waals surface area contributed by atoms with Gasteiger partial charge in [-0.05, 0) is 11.6 Å². The number of nitrogens with zero attached hydrogens (tertiary/aromatic N) is 2. The van der Waals surface area contributed by atoms with Gasteiger partial charge in [0.25, 0.3) is 5.91 Å². The van der Waals surface area contributed by atoms with Gasteiger partial charge in [-0.3, -0.25) is 9.78 Å². The summed E-state index contributed by atoms with van der Waals surface area (Å²) in [5.41, 5.74) is 0.681. The van der Waals surface area contributed by atoms with E-state index in [1.165, 1.54) is 17.2 Å². The van der Waals surface area contributed by atoms with Crippen LogP contribution in [-0.2, 0) is 11.3 Å². The lowest BCUT2D eigenvalue weighted by Gasteiger charge is -2.21. The lowest BCUT2D eigenvalue weighted by Crippen LogP contribution is -2.33. The van der Waals surface area contributed by atoms with E-state index in [9.17, 15) is 14.4 Å². The summed E-state index contributed by atoms with van der Waals surface area (Å²) in [4.78, 5) is 39.6. The molecular weight excluding hydrogens is 284 g/mol. The molecule has 0 bridgehead atoms. The topological polar surface area (TPSA) is 87.6 Å². The molecule has 1 heterocycles. The maximum atomic E-state index is 12.5. The van der Waals surface area contributed by atoms with Crippen molar-refractivity contribution >= 4 is 18.2 Å². The molecule has 2 rings (SSSR count). The third kappa shape index (κ3) is 3.54. The summed E-state index contributed by atoms with van der Waals surface area (Å²) in [6, 6.07) is 10.5. The molecule has 0 unspecified atom stereocenters. The van der Waals surface area contributed by atoms with Crippen LogP contribution in [0.1, 0.15) is 26.3 Å². The Morgan fingerprint density at radius 2 is 1.86 bits per heavy atom. The number of amides is 1. The Morgan fingerprint density at radius 1 is 1.14 bits per heavy atom. The van der Waals surface area contributed by atoms with Crippen molar-refractivity contribution in [3.63, 3.8) is 0 Å². The third-order valence-corrected chi connectivity index (χ3v) is 3.08. The highest BCUT2D eigenvalue weighted by Gasteiger charge is 2.21. The van der Waals surface area contributed by atoms with Crippen molar-refractivity contribution in [3.8, 4) is 0 Å². The quantitative estimate of drug-likeness (QED) is 0.819. The van der Waals surface area contributed by atoms with E-state index in [4.69, 9.17) is 5.11 Å². The van der Waals surface area contributed by atoms with Gasteiger partial charge in [-0.25, -0.2) is 4.79 Å². The molecule has 0 saturated heterocycles. The zero-order valence-electron chi connectivity index (χ0n) is 11.7. The van der Waals surface area contributed by atoms with Gasteiger partial charge in [0.15, 0.2) is 0 Å². The standard InChI is InChI=1S/C16H14N2O4/c19-9-8-18(11-12-4-2-1-3-5-12)15(20)13-6-7-17-10-14(13)16(21)22/h1-7,9-10H,8,11H2,(H,21,22). The first kappa shape index (κ1) is 15.4. The van der Waals surface area contributed by atoms with Crippen molar-refractivity contribution in [1.82, 2.24) is 9.88 Å². The van der Waals surface area contributed by atoms with Gasteiger partial charge in [0.2, 0.25) is 0 Å². The van der Waals surface area contributed by atoms with Crippen LogP contribution in [0.15, 0.2) is 48.8 Å². The molecule has 6 nitrogen and oxygen atoms in total. The minimum absolute atomic E-state index is 0.0141. The Labute approximate surface area is 127 Å². The van der Waals surface area contributed by atoms with Gasteiger partial charge in [0, 0.05) is 18.9 Å². The molecule has 0 fully saturated rings. The molecule has 0 aliphatic heterocycles. The molecule has 112 valence electrons. The number of benzene rings is 1. The van der Waals surface area contributed by atoms with Crippen molar-refractivity contribution < 1.29 is 19.5 Å². The Kier molecular flexibility index (Phi) is 4.98. The zero-order valence-corrected chi connectivity index (χ0v) is 11.7. The van der Waals surface area contributed by atoms with Crippen LogP contribution in [0.3, 0.4) is 0 Å². The molecule has 0 spiro atoms. The molecule has 0 aliphatic carbocycles. The molecule has 1 amide bonds. The Morgan fingerprint density at radius 3 is 2.50 bits per heavy atom. The molecule has 1 N–H and O–H groups in total. The fourth-order valence-corrected chi connectivity index (χ4v) is 2.03. The van der Waals surface area contributed by atoms with Crippen molar-refractivity contribution in [2.24, 2.45) is 0 Å². The number of carbonyl (C=O) groups excluding carboxylic acids is 2. The average Bonchev–Trinajstić information content (AvgIpc) is 2.54. The number of carboxylic acids is 1. The molecule has 0 radical (unpaired) electrons. The highest BCUT2D eigenvalue weighted by molar-refractivity contribution is 6.04. The normalized spacial score (nSPS) is 10.0. The molecule has 1 aromatic carbocycles. The summed E-state index contributed by atoms with van der Waals surface area (Å²) in [6.45, 7) is 0.106. The first-order valence-corrected chi connectivity index (χ1v) is 6.57. The summed E-state index contributed by atoms with van der Waals surface area (Å²) in [5, 5.41) is 9.14. The van der Waals surface area contributed by atoms with E-state index in [0.717, 1.165) is 11.8 Å². The predicted molar refractivity (Wildman–Crippen MR) is 78.4 cm³/mol. The molecular formula is C16H14N2O4. The number of aromatic carboxylic acids is 1. The van der Waals surface area contributed by atoms with Crippen LogP contribution in [0.5, 0.6) is 0 Å². The first-order valence-electron chi connectivity index (χ1n) is 6.57. The second-order valence-corrected chi connectivity index (χ2v) is 4.56. The van der Waals surface area contributed by atoms with Gasteiger partial charge in [-0.2, -0.15) is 0 Å². The SMILES string of the molecule is O=CCN(Cc1ccccc1)C(=O)c1ccncc1C(=O)O. The molecule has 2 aromatic rings. The van der Waals surface area contributed by atoms with E-state index in [1.54, 1.807) is 0 Å². The van der Waals surface area contributed by atoms with Crippen LogP contribution < -0.4 is 0 Å². The molecule has 22 heavy (non-hydrogen) atoms. The van der Waals surface area contributed by atoms with Gasteiger partial charge in [0.05, 0.1) is 17.7 Å². The number of aromatic nitrogens is 1. The summed E-state index contributed by atoms with van der Waals surface area (Å²) in [5.74, 6) is -1.75. The number of pyridine rings is 1. The summed E-state index contributed by atoms with van der Waals surface area (Å²) in [7, 11) is 0. The van der Waals surface area contributed by atoms with Gasteiger partial charge in [-0.15, -0.1) is 0 Å². The second kappa shape index (κ2) is 7.12. The molecule has 6 heteroatoms. The van der Waals surface area contributed by atoms with Crippen LogP contribution in [0, 0.1) is 0 Å². The highest BCUT2D eigenvalue weighted by atomic mass is 16.4. The minimum atomic E-state index is -1.23. The lowest BCUT2D eigenvalue weighted by molar-refractivity contribution is -0.108. The van der Waals surface area contributed by atoms with Crippen molar-refractivity contribution in [3.05, 3.63) is 65.5 Å². The fraction of sp³-hybridized carbons (Fsp3) is 0.125. The maximum absolute atomic E-state index is 12.5. The Balaban J connectivity index is 2.31.